The molecule has 2 fully saturated rings. The van der Waals surface area contributed by atoms with Gasteiger partial charge in [0.05, 0.1) is 16.3 Å². The van der Waals surface area contributed by atoms with Gasteiger partial charge in [-0.15, -0.1) is 0 Å². The van der Waals surface area contributed by atoms with Crippen LogP contribution in [-0.2, 0) is 11.3 Å². The van der Waals surface area contributed by atoms with Gasteiger partial charge in [-0.1, -0.05) is 6.07 Å². The molecule has 2 N–H and O–H groups in total. The number of thioether (sulfide) groups is 1. The molecule has 0 unspecified atom stereocenters. The fourth-order valence-corrected chi connectivity index (χ4v) is 4.96. The quantitative estimate of drug-likeness (QED) is 0.416. The van der Waals surface area contributed by atoms with Crippen molar-refractivity contribution in [3.8, 4) is 11.3 Å². The molecule has 5 rings (SSSR count). The first-order valence-electron chi connectivity index (χ1n) is 12.4. The zero-order chi connectivity index (χ0) is 26.5. The molecule has 0 spiro atoms. The van der Waals surface area contributed by atoms with Gasteiger partial charge in [0.15, 0.2) is 0 Å². The summed E-state index contributed by atoms with van der Waals surface area (Å²) in [6, 6.07) is 5.82. The number of rotatable bonds is 8. The van der Waals surface area contributed by atoms with Crippen LogP contribution in [0.15, 0.2) is 47.9 Å². The number of nitrogens with zero attached hydrogens (tertiary/aromatic N) is 7. The molecule has 0 saturated carbocycles. The lowest BCUT2D eigenvalue weighted by molar-refractivity contribution is -0.115. The van der Waals surface area contributed by atoms with E-state index in [1.807, 2.05) is 31.3 Å². The average molecular weight is 532 g/mol. The van der Waals surface area contributed by atoms with Crippen LogP contribution >= 0.6 is 11.8 Å². The zero-order valence-electron chi connectivity index (χ0n) is 21.3. The topological polar surface area (TPSA) is 129 Å². The number of carbonyl (C=O) groups excluding carboxylic acids is 2. The van der Waals surface area contributed by atoms with Crippen LogP contribution in [-0.4, -0.2) is 69.8 Å². The van der Waals surface area contributed by atoms with Gasteiger partial charge in [0.1, 0.15) is 0 Å². The van der Waals surface area contributed by atoms with Gasteiger partial charge in [0, 0.05) is 64.1 Å². The molecule has 2 aliphatic rings. The summed E-state index contributed by atoms with van der Waals surface area (Å²) < 4.78 is 0. The maximum Gasteiger partial charge on any atom is 0.290 e. The first-order valence-corrected chi connectivity index (χ1v) is 13.2. The van der Waals surface area contributed by atoms with Gasteiger partial charge in [-0.25, -0.2) is 19.9 Å². The summed E-state index contributed by atoms with van der Waals surface area (Å²) in [4.78, 5) is 49.9. The van der Waals surface area contributed by atoms with E-state index in [2.05, 4.69) is 46.5 Å². The number of nitrogens with one attached hydrogen (secondary N) is 2. The second kappa shape index (κ2) is 11.7. The second-order valence-corrected chi connectivity index (χ2v) is 10.4. The Morgan fingerprint density at radius 2 is 1.87 bits per heavy atom. The minimum atomic E-state index is -0.385. The minimum absolute atomic E-state index is 0.349. The molecule has 0 aliphatic carbocycles. The summed E-state index contributed by atoms with van der Waals surface area (Å²) in [6.07, 6.45) is 10.9. The summed E-state index contributed by atoms with van der Waals surface area (Å²) in [5, 5.41) is 5.47. The number of piperidine rings is 1. The summed E-state index contributed by atoms with van der Waals surface area (Å²) in [5.74, 6) is 1.51. The molecule has 2 saturated heterocycles. The minimum Gasteiger partial charge on any atom is -0.347 e. The SMILES string of the molecule is CN(C)c1ncc(-c2ccc(CNCC3CCN(c4nccc(C=C5SC(=O)NC5=O)n4)CC3)cn2)cn1. The largest absolute Gasteiger partial charge is 0.347 e. The number of hydrogen-bond acceptors (Lipinski definition) is 11. The molecule has 2 amide bonds. The predicted molar refractivity (Wildman–Crippen MR) is 147 cm³/mol. The Morgan fingerprint density at radius 3 is 2.53 bits per heavy atom. The summed E-state index contributed by atoms with van der Waals surface area (Å²) in [5.41, 5.74) is 3.50. The molecule has 0 atom stereocenters. The van der Waals surface area contributed by atoms with Crippen LogP contribution in [0.2, 0.25) is 0 Å². The van der Waals surface area contributed by atoms with Crippen LogP contribution in [0.4, 0.5) is 16.7 Å². The third kappa shape index (κ3) is 6.32. The summed E-state index contributed by atoms with van der Waals surface area (Å²) in [6.45, 7) is 3.43. The van der Waals surface area contributed by atoms with E-state index in [1.165, 1.54) is 0 Å². The number of hydrogen-bond donors (Lipinski definition) is 2. The van der Waals surface area contributed by atoms with E-state index < -0.39 is 0 Å². The molecule has 12 heteroatoms. The molecule has 3 aromatic heterocycles. The highest BCUT2D eigenvalue weighted by molar-refractivity contribution is 8.18. The van der Waals surface area contributed by atoms with Crippen molar-refractivity contribution in [1.29, 1.82) is 0 Å². The average Bonchev–Trinajstić information content (AvgIpc) is 3.25. The van der Waals surface area contributed by atoms with Crippen LogP contribution < -0.4 is 20.4 Å². The van der Waals surface area contributed by atoms with E-state index in [1.54, 1.807) is 30.7 Å². The Kier molecular flexibility index (Phi) is 7.89. The third-order valence-corrected chi connectivity index (χ3v) is 7.21. The zero-order valence-corrected chi connectivity index (χ0v) is 22.1. The predicted octanol–water partition coefficient (Wildman–Crippen LogP) is 2.72. The van der Waals surface area contributed by atoms with Crippen LogP contribution in [0.1, 0.15) is 24.1 Å². The molecule has 0 radical (unpaired) electrons. The van der Waals surface area contributed by atoms with Crippen molar-refractivity contribution < 1.29 is 9.59 Å². The van der Waals surface area contributed by atoms with Gasteiger partial charge in [0.2, 0.25) is 11.9 Å². The normalized spacial score (nSPS) is 17.2. The number of imide groups is 1. The van der Waals surface area contributed by atoms with Crippen molar-refractivity contribution in [2.24, 2.45) is 5.92 Å². The molecular weight excluding hydrogens is 502 g/mol. The van der Waals surface area contributed by atoms with E-state index in [0.717, 1.165) is 67.6 Å². The molecule has 3 aromatic rings. The van der Waals surface area contributed by atoms with Crippen molar-refractivity contribution >= 4 is 40.9 Å². The lowest BCUT2D eigenvalue weighted by atomic mass is 9.97. The van der Waals surface area contributed by atoms with Crippen molar-refractivity contribution in [2.75, 3.05) is 43.5 Å². The Labute approximate surface area is 225 Å². The Bertz CT molecular complexity index is 1320. The van der Waals surface area contributed by atoms with Gasteiger partial charge < -0.3 is 15.1 Å². The van der Waals surface area contributed by atoms with Crippen molar-refractivity contribution in [1.82, 2.24) is 35.6 Å². The summed E-state index contributed by atoms with van der Waals surface area (Å²) >= 11 is 0.887. The van der Waals surface area contributed by atoms with Crippen molar-refractivity contribution in [3.05, 3.63) is 59.1 Å². The van der Waals surface area contributed by atoms with Crippen molar-refractivity contribution in [3.63, 3.8) is 0 Å². The number of anilines is 2. The van der Waals surface area contributed by atoms with E-state index in [4.69, 9.17) is 0 Å². The lowest BCUT2D eigenvalue weighted by Crippen LogP contribution is -2.38. The number of pyridine rings is 1. The van der Waals surface area contributed by atoms with Crippen LogP contribution in [0.3, 0.4) is 0 Å². The number of carbonyl (C=O) groups is 2. The second-order valence-electron chi connectivity index (χ2n) is 9.41. The van der Waals surface area contributed by atoms with Gasteiger partial charge in [-0.2, -0.15) is 0 Å². The van der Waals surface area contributed by atoms with Crippen LogP contribution in [0, 0.1) is 5.92 Å². The molecule has 38 heavy (non-hydrogen) atoms. The highest BCUT2D eigenvalue weighted by Gasteiger charge is 2.25. The molecular formula is C26H29N9O2S. The van der Waals surface area contributed by atoms with Crippen LogP contribution in [0.5, 0.6) is 0 Å². The molecule has 0 bridgehead atoms. The molecule has 196 valence electrons. The third-order valence-electron chi connectivity index (χ3n) is 6.40. The van der Waals surface area contributed by atoms with Crippen LogP contribution in [0.25, 0.3) is 17.3 Å². The maximum absolute atomic E-state index is 11.8. The Balaban J connectivity index is 1.08. The summed E-state index contributed by atoms with van der Waals surface area (Å²) in [7, 11) is 3.82. The fourth-order valence-electron chi connectivity index (χ4n) is 4.29. The van der Waals surface area contributed by atoms with Gasteiger partial charge in [-0.3, -0.25) is 19.9 Å². The highest BCUT2D eigenvalue weighted by Crippen LogP contribution is 2.26. The first-order chi connectivity index (χ1) is 18.4. The first kappa shape index (κ1) is 25.7. The monoisotopic (exact) mass is 531 g/mol. The van der Waals surface area contributed by atoms with Crippen molar-refractivity contribution in [2.45, 2.75) is 19.4 Å². The Morgan fingerprint density at radius 1 is 1.08 bits per heavy atom. The molecule has 11 nitrogen and oxygen atoms in total. The van der Waals surface area contributed by atoms with Gasteiger partial charge >= 0.3 is 0 Å². The van der Waals surface area contributed by atoms with Gasteiger partial charge in [-0.05, 0) is 60.8 Å². The molecule has 0 aromatic carbocycles. The van der Waals surface area contributed by atoms with Gasteiger partial charge in [0.25, 0.3) is 11.1 Å². The lowest BCUT2D eigenvalue weighted by Gasteiger charge is -2.32. The highest BCUT2D eigenvalue weighted by atomic mass is 32.2. The number of aromatic nitrogens is 5. The van der Waals surface area contributed by atoms with E-state index in [-0.39, 0.29) is 11.1 Å². The maximum atomic E-state index is 11.8. The smallest absolute Gasteiger partial charge is 0.290 e. The Hall–Kier alpha value is -3.90. The van der Waals surface area contributed by atoms with E-state index >= 15 is 0 Å². The number of amides is 2. The molecule has 2 aliphatic heterocycles. The van der Waals surface area contributed by atoms with E-state index in [9.17, 15) is 9.59 Å². The van der Waals surface area contributed by atoms with E-state index in [0.29, 0.717) is 28.4 Å². The standard InChI is InChI=1S/C26H29N9O2S/c1-34(2)24-30-15-19(16-31-24)21-4-3-18(14-29-21)13-27-12-17-6-9-35(10-7-17)25-28-8-5-20(32-25)11-22-23(36)33-26(37)38-22/h3-5,8,11,14-17,27H,6-7,9-10,12-13H2,1-2H3,(H,33,36,37). The fraction of sp³-hybridized carbons (Fsp3) is 0.346. The molecule has 5 heterocycles.